The Morgan fingerprint density at radius 2 is 2.29 bits per heavy atom. The van der Waals surface area contributed by atoms with Crippen molar-refractivity contribution < 1.29 is 9.66 Å². The number of piperidine rings is 1. The van der Waals surface area contributed by atoms with Gasteiger partial charge in [-0.05, 0) is 41.9 Å². The fourth-order valence-corrected chi connectivity index (χ4v) is 3.04. The molecule has 0 aliphatic carbocycles. The standard InChI is InChI=1S/C13H19BrN4O3/c1-21-9-13(2-4-15-5-3-13)8-17-12-11(14)6-10(7-16-12)18(19)20/h6-7,15H,2-5,8-9H2,1H3,(H,16,17). The maximum Gasteiger partial charge on any atom is 0.288 e. The van der Waals surface area contributed by atoms with E-state index in [1.54, 1.807) is 7.11 Å². The van der Waals surface area contributed by atoms with Crippen LogP contribution in [-0.4, -0.2) is 43.3 Å². The van der Waals surface area contributed by atoms with Crippen molar-refractivity contribution in [3.05, 3.63) is 26.9 Å². The molecule has 1 aliphatic rings. The third-order valence-corrected chi connectivity index (χ3v) is 4.39. The highest BCUT2D eigenvalue weighted by molar-refractivity contribution is 9.10. The Labute approximate surface area is 131 Å². The lowest BCUT2D eigenvalue weighted by Gasteiger charge is -2.37. The highest BCUT2D eigenvalue weighted by Crippen LogP contribution is 2.31. The average molecular weight is 359 g/mol. The van der Waals surface area contributed by atoms with Gasteiger partial charge in [-0.15, -0.1) is 0 Å². The third-order valence-electron chi connectivity index (χ3n) is 3.78. The molecule has 7 nitrogen and oxygen atoms in total. The maximum atomic E-state index is 10.7. The van der Waals surface area contributed by atoms with Crippen molar-refractivity contribution in [2.75, 3.05) is 38.7 Å². The topological polar surface area (TPSA) is 89.3 Å². The molecule has 2 heterocycles. The van der Waals surface area contributed by atoms with Gasteiger partial charge in [-0.3, -0.25) is 10.1 Å². The van der Waals surface area contributed by atoms with Crippen LogP contribution in [0.3, 0.4) is 0 Å². The van der Waals surface area contributed by atoms with E-state index in [9.17, 15) is 10.1 Å². The summed E-state index contributed by atoms with van der Waals surface area (Å²) in [4.78, 5) is 14.4. The van der Waals surface area contributed by atoms with Crippen molar-refractivity contribution in [1.82, 2.24) is 10.3 Å². The zero-order valence-corrected chi connectivity index (χ0v) is 13.5. The first-order valence-electron chi connectivity index (χ1n) is 6.80. The van der Waals surface area contributed by atoms with Crippen LogP contribution in [0.4, 0.5) is 11.5 Å². The Morgan fingerprint density at radius 3 is 2.86 bits per heavy atom. The van der Waals surface area contributed by atoms with Crippen LogP contribution in [0.5, 0.6) is 0 Å². The average Bonchev–Trinajstić information content (AvgIpc) is 2.47. The van der Waals surface area contributed by atoms with Crippen LogP contribution < -0.4 is 10.6 Å². The van der Waals surface area contributed by atoms with E-state index >= 15 is 0 Å². The fourth-order valence-electron chi connectivity index (χ4n) is 2.56. The van der Waals surface area contributed by atoms with E-state index < -0.39 is 4.92 Å². The van der Waals surface area contributed by atoms with Crippen LogP contribution in [0, 0.1) is 15.5 Å². The normalized spacial score (nSPS) is 17.4. The molecule has 0 radical (unpaired) electrons. The van der Waals surface area contributed by atoms with Crippen molar-refractivity contribution in [3.8, 4) is 0 Å². The molecule has 1 aromatic heterocycles. The molecule has 0 bridgehead atoms. The number of methoxy groups -OCH3 is 1. The number of ether oxygens (including phenoxy) is 1. The third kappa shape index (κ3) is 4.12. The molecule has 0 amide bonds. The van der Waals surface area contributed by atoms with Crippen molar-refractivity contribution in [2.24, 2.45) is 5.41 Å². The minimum Gasteiger partial charge on any atom is -0.384 e. The van der Waals surface area contributed by atoms with Crippen LogP contribution >= 0.6 is 15.9 Å². The van der Waals surface area contributed by atoms with Crippen molar-refractivity contribution in [2.45, 2.75) is 12.8 Å². The minimum atomic E-state index is -0.458. The van der Waals surface area contributed by atoms with Crippen molar-refractivity contribution >= 4 is 27.4 Å². The number of halogens is 1. The quantitative estimate of drug-likeness (QED) is 0.598. The molecule has 0 saturated carbocycles. The highest BCUT2D eigenvalue weighted by atomic mass is 79.9. The SMILES string of the molecule is COCC1(CNc2ncc([N+](=O)[O-])cc2Br)CCNCC1. The monoisotopic (exact) mass is 358 g/mol. The second kappa shape index (κ2) is 7.15. The summed E-state index contributed by atoms with van der Waals surface area (Å²) in [5.74, 6) is 0.620. The van der Waals surface area contributed by atoms with E-state index in [-0.39, 0.29) is 11.1 Å². The molecule has 0 atom stereocenters. The number of rotatable bonds is 6. The van der Waals surface area contributed by atoms with Gasteiger partial charge in [-0.2, -0.15) is 0 Å². The molecule has 1 fully saturated rings. The lowest BCUT2D eigenvalue weighted by Crippen LogP contribution is -2.44. The van der Waals surface area contributed by atoms with Gasteiger partial charge in [-0.1, -0.05) is 0 Å². The van der Waals surface area contributed by atoms with Crippen LogP contribution in [0.25, 0.3) is 0 Å². The Morgan fingerprint density at radius 1 is 1.57 bits per heavy atom. The molecule has 2 rings (SSSR count). The molecule has 1 aromatic rings. The van der Waals surface area contributed by atoms with Gasteiger partial charge >= 0.3 is 0 Å². The van der Waals surface area contributed by atoms with E-state index in [4.69, 9.17) is 4.74 Å². The Balaban J connectivity index is 2.05. The molecule has 116 valence electrons. The van der Waals surface area contributed by atoms with E-state index in [1.807, 2.05) is 0 Å². The number of hydrogen-bond acceptors (Lipinski definition) is 6. The Kier molecular flexibility index (Phi) is 5.49. The number of hydrogen-bond donors (Lipinski definition) is 2. The van der Waals surface area contributed by atoms with Crippen molar-refractivity contribution in [3.63, 3.8) is 0 Å². The molecule has 8 heteroatoms. The van der Waals surface area contributed by atoms with Gasteiger partial charge in [0.05, 0.1) is 16.0 Å². The summed E-state index contributed by atoms with van der Waals surface area (Å²) in [6.45, 7) is 3.36. The summed E-state index contributed by atoms with van der Waals surface area (Å²) >= 11 is 3.32. The Hall–Kier alpha value is -1.25. The van der Waals surface area contributed by atoms with Crippen molar-refractivity contribution in [1.29, 1.82) is 0 Å². The van der Waals surface area contributed by atoms with Crippen LogP contribution in [0.2, 0.25) is 0 Å². The predicted octanol–water partition coefficient (Wildman–Crippen LogP) is 2.18. The van der Waals surface area contributed by atoms with E-state index in [0.29, 0.717) is 16.9 Å². The first-order chi connectivity index (χ1) is 10.1. The van der Waals surface area contributed by atoms with Gasteiger partial charge in [0.25, 0.3) is 5.69 Å². The molecular formula is C13H19BrN4O3. The maximum absolute atomic E-state index is 10.7. The van der Waals surface area contributed by atoms with Gasteiger partial charge in [-0.25, -0.2) is 4.98 Å². The summed E-state index contributed by atoms with van der Waals surface area (Å²) in [6.07, 6.45) is 3.31. The highest BCUT2D eigenvalue weighted by Gasteiger charge is 2.32. The number of aromatic nitrogens is 1. The number of nitrogens with zero attached hydrogens (tertiary/aromatic N) is 2. The number of anilines is 1. The summed E-state index contributed by atoms with van der Waals surface area (Å²) < 4.78 is 5.96. The molecule has 0 aromatic carbocycles. The zero-order valence-electron chi connectivity index (χ0n) is 11.9. The smallest absolute Gasteiger partial charge is 0.288 e. The minimum absolute atomic E-state index is 0.0269. The van der Waals surface area contributed by atoms with Gasteiger partial charge in [0, 0.05) is 25.1 Å². The van der Waals surface area contributed by atoms with E-state index in [0.717, 1.165) is 32.5 Å². The van der Waals surface area contributed by atoms with E-state index in [2.05, 4.69) is 31.5 Å². The summed E-state index contributed by atoms with van der Waals surface area (Å²) in [7, 11) is 1.71. The number of nitrogens with one attached hydrogen (secondary N) is 2. The van der Waals surface area contributed by atoms with Gasteiger partial charge in [0.1, 0.15) is 12.0 Å². The molecule has 1 saturated heterocycles. The first-order valence-corrected chi connectivity index (χ1v) is 7.59. The number of nitro groups is 1. The lowest BCUT2D eigenvalue weighted by atomic mass is 9.79. The first kappa shape index (κ1) is 16.1. The summed E-state index contributed by atoms with van der Waals surface area (Å²) in [6, 6.07) is 1.46. The Bertz CT molecular complexity index is 501. The van der Waals surface area contributed by atoms with Gasteiger partial charge in [0.2, 0.25) is 0 Å². The van der Waals surface area contributed by atoms with Crippen LogP contribution in [-0.2, 0) is 4.74 Å². The van der Waals surface area contributed by atoms with Gasteiger partial charge in [0.15, 0.2) is 0 Å². The predicted molar refractivity (Wildman–Crippen MR) is 83.5 cm³/mol. The second-order valence-electron chi connectivity index (χ2n) is 5.32. The van der Waals surface area contributed by atoms with E-state index in [1.165, 1.54) is 12.3 Å². The lowest BCUT2D eigenvalue weighted by molar-refractivity contribution is -0.385. The molecule has 0 unspecified atom stereocenters. The van der Waals surface area contributed by atoms with Crippen LogP contribution in [0.15, 0.2) is 16.7 Å². The molecule has 2 N–H and O–H groups in total. The molecular weight excluding hydrogens is 340 g/mol. The number of pyridine rings is 1. The second-order valence-corrected chi connectivity index (χ2v) is 6.17. The largest absolute Gasteiger partial charge is 0.384 e. The molecule has 21 heavy (non-hydrogen) atoms. The zero-order chi connectivity index (χ0) is 15.3. The summed E-state index contributed by atoms with van der Waals surface area (Å²) in [5.41, 5.74) is 0.0454. The molecule has 1 aliphatic heterocycles. The fraction of sp³-hybridized carbons (Fsp3) is 0.615. The van der Waals surface area contributed by atoms with Crippen LogP contribution in [0.1, 0.15) is 12.8 Å². The van der Waals surface area contributed by atoms with Gasteiger partial charge < -0.3 is 15.4 Å². The summed E-state index contributed by atoms with van der Waals surface area (Å²) in [5, 5.41) is 17.3. The molecule has 0 spiro atoms.